The smallest absolute Gasteiger partial charge is 0.362 e. The standard InChI is InChI=1S/C12H11NO8S2/c14-22(15,16)20-10-6-4-9(5-7-10)12(21-23(17,18)19)11-3-1-2-8-13-11/h1-8,12H,(H,14,15,16)(H,17,18,19). The average molecular weight is 361 g/mol. The van der Waals surface area contributed by atoms with Gasteiger partial charge in [0.1, 0.15) is 11.9 Å². The van der Waals surface area contributed by atoms with Gasteiger partial charge >= 0.3 is 20.8 Å². The van der Waals surface area contributed by atoms with E-state index in [-0.39, 0.29) is 17.0 Å². The molecule has 0 spiro atoms. The topological polar surface area (TPSA) is 140 Å². The summed E-state index contributed by atoms with van der Waals surface area (Å²) in [5.74, 6) is -0.192. The van der Waals surface area contributed by atoms with E-state index in [1.807, 2.05) is 0 Å². The molecule has 2 aromatic rings. The summed E-state index contributed by atoms with van der Waals surface area (Å²) in [6.45, 7) is 0. The Morgan fingerprint density at radius 1 is 0.913 bits per heavy atom. The molecule has 2 rings (SSSR count). The highest BCUT2D eigenvalue weighted by Gasteiger charge is 2.22. The highest BCUT2D eigenvalue weighted by Crippen LogP contribution is 2.27. The van der Waals surface area contributed by atoms with Crippen molar-refractivity contribution in [3.05, 3.63) is 59.9 Å². The van der Waals surface area contributed by atoms with E-state index >= 15 is 0 Å². The minimum atomic E-state index is -4.77. The molecule has 0 radical (unpaired) electrons. The molecule has 11 heteroatoms. The van der Waals surface area contributed by atoms with E-state index in [0.29, 0.717) is 0 Å². The first-order valence-corrected chi connectivity index (χ1v) is 8.70. The molecule has 1 unspecified atom stereocenters. The third kappa shape index (κ3) is 5.58. The molecule has 0 aliphatic heterocycles. The fraction of sp³-hybridized carbons (Fsp3) is 0.0833. The van der Waals surface area contributed by atoms with E-state index in [1.54, 1.807) is 12.1 Å². The van der Waals surface area contributed by atoms with Gasteiger partial charge in [0.05, 0.1) is 5.69 Å². The molecule has 9 nitrogen and oxygen atoms in total. The average Bonchev–Trinajstić information content (AvgIpc) is 2.44. The van der Waals surface area contributed by atoms with Gasteiger partial charge < -0.3 is 4.18 Å². The lowest BCUT2D eigenvalue weighted by Gasteiger charge is -2.15. The molecule has 0 saturated heterocycles. The van der Waals surface area contributed by atoms with Gasteiger partial charge in [0.2, 0.25) is 0 Å². The van der Waals surface area contributed by atoms with Crippen LogP contribution in [0.15, 0.2) is 48.7 Å². The number of pyridine rings is 1. The first-order chi connectivity index (χ1) is 10.6. The largest absolute Gasteiger partial charge is 0.446 e. The van der Waals surface area contributed by atoms with Crippen LogP contribution >= 0.6 is 0 Å². The number of nitrogens with zero attached hydrogens (tertiary/aromatic N) is 1. The molecule has 0 fully saturated rings. The maximum atomic E-state index is 11.0. The van der Waals surface area contributed by atoms with E-state index in [0.717, 1.165) is 0 Å². The monoisotopic (exact) mass is 361 g/mol. The van der Waals surface area contributed by atoms with Crippen LogP contribution in [-0.4, -0.2) is 30.9 Å². The normalized spacial score (nSPS) is 13.5. The van der Waals surface area contributed by atoms with Crippen molar-refractivity contribution in [1.82, 2.24) is 4.98 Å². The van der Waals surface area contributed by atoms with Crippen LogP contribution in [0.3, 0.4) is 0 Å². The first kappa shape index (κ1) is 17.3. The van der Waals surface area contributed by atoms with Crippen molar-refractivity contribution in [1.29, 1.82) is 0 Å². The number of benzene rings is 1. The van der Waals surface area contributed by atoms with Gasteiger partial charge in [0.15, 0.2) is 0 Å². The fourth-order valence-corrected chi connectivity index (χ4v) is 2.56. The highest BCUT2D eigenvalue weighted by molar-refractivity contribution is 7.81. The second kappa shape index (κ2) is 6.60. The lowest BCUT2D eigenvalue weighted by molar-refractivity contribution is 0.213. The van der Waals surface area contributed by atoms with Crippen molar-refractivity contribution in [3.63, 3.8) is 0 Å². The Labute approximate surface area is 132 Å². The Morgan fingerprint density at radius 2 is 1.57 bits per heavy atom. The van der Waals surface area contributed by atoms with E-state index in [2.05, 4.69) is 13.4 Å². The summed E-state index contributed by atoms with van der Waals surface area (Å²) in [6, 6.07) is 9.63. The molecular weight excluding hydrogens is 350 g/mol. The van der Waals surface area contributed by atoms with Crippen LogP contribution < -0.4 is 4.18 Å². The molecule has 1 aromatic heterocycles. The molecule has 0 bridgehead atoms. The van der Waals surface area contributed by atoms with Gasteiger partial charge in [0.25, 0.3) is 0 Å². The lowest BCUT2D eigenvalue weighted by Crippen LogP contribution is -2.13. The quantitative estimate of drug-likeness (QED) is 0.725. The minimum absolute atomic E-state index is 0.192. The van der Waals surface area contributed by atoms with Crippen LogP contribution in [0, 0.1) is 0 Å². The lowest BCUT2D eigenvalue weighted by atomic mass is 10.1. The van der Waals surface area contributed by atoms with Crippen LogP contribution in [0.1, 0.15) is 17.4 Å². The van der Waals surface area contributed by atoms with Crippen molar-refractivity contribution in [2.24, 2.45) is 0 Å². The Hall–Kier alpha value is -2.05. The zero-order valence-corrected chi connectivity index (χ0v) is 12.9. The zero-order chi connectivity index (χ0) is 17.1. The Kier molecular flexibility index (Phi) is 4.97. The van der Waals surface area contributed by atoms with Gasteiger partial charge in [-0.1, -0.05) is 18.2 Å². The minimum Gasteiger partial charge on any atom is -0.362 e. The van der Waals surface area contributed by atoms with Gasteiger partial charge in [-0.05, 0) is 29.8 Å². The van der Waals surface area contributed by atoms with Gasteiger partial charge in [-0.3, -0.25) is 14.1 Å². The summed E-state index contributed by atoms with van der Waals surface area (Å²) in [5, 5.41) is 0. The molecule has 0 saturated carbocycles. The van der Waals surface area contributed by atoms with Crippen molar-refractivity contribution >= 4 is 20.8 Å². The molecule has 1 heterocycles. The number of hydrogen-bond donors (Lipinski definition) is 2. The van der Waals surface area contributed by atoms with Gasteiger partial charge in [-0.25, -0.2) is 4.18 Å². The third-order valence-electron chi connectivity index (χ3n) is 2.56. The SMILES string of the molecule is O=S(=O)(O)Oc1ccc(C(OS(=O)(=O)O)c2ccccn2)cc1. The predicted molar refractivity (Wildman–Crippen MR) is 77.3 cm³/mol. The van der Waals surface area contributed by atoms with E-state index in [4.69, 9.17) is 9.11 Å². The van der Waals surface area contributed by atoms with E-state index < -0.39 is 26.9 Å². The van der Waals surface area contributed by atoms with Gasteiger partial charge in [-0.15, -0.1) is 0 Å². The maximum absolute atomic E-state index is 11.0. The van der Waals surface area contributed by atoms with Crippen LogP contribution in [0.2, 0.25) is 0 Å². The van der Waals surface area contributed by atoms with Crippen LogP contribution in [0.5, 0.6) is 5.75 Å². The number of hydrogen-bond acceptors (Lipinski definition) is 7. The summed E-state index contributed by atoms with van der Waals surface area (Å²) in [6.07, 6.45) is 0.164. The molecule has 0 amide bonds. The molecule has 124 valence electrons. The molecule has 0 aliphatic rings. The Morgan fingerprint density at radius 3 is 2.04 bits per heavy atom. The number of rotatable bonds is 6. The Bertz CT molecular complexity index is 863. The Balaban J connectivity index is 2.36. The van der Waals surface area contributed by atoms with Crippen molar-refractivity contribution in [3.8, 4) is 5.75 Å². The van der Waals surface area contributed by atoms with Gasteiger partial charge in [0, 0.05) is 6.20 Å². The second-order valence-corrected chi connectivity index (χ2v) is 6.31. The van der Waals surface area contributed by atoms with Crippen molar-refractivity contribution < 1.29 is 34.3 Å². The molecular formula is C12H11NO8S2. The molecule has 23 heavy (non-hydrogen) atoms. The summed E-state index contributed by atoms with van der Waals surface area (Å²) in [4.78, 5) is 3.95. The van der Waals surface area contributed by atoms with E-state index in [9.17, 15) is 16.8 Å². The third-order valence-corrected chi connectivity index (χ3v) is 3.40. The van der Waals surface area contributed by atoms with Gasteiger partial charge in [-0.2, -0.15) is 16.8 Å². The van der Waals surface area contributed by atoms with Crippen molar-refractivity contribution in [2.45, 2.75) is 6.10 Å². The summed E-state index contributed by atoms with van der Waals surface area (Å²) in [7, 11) is -9.44. The summed E-state index contributed by atoms with van der Waals surface area (Å²) in [5.41, 5.74) is 0.456. The molecule has 1 atom stereocenters. The molecule has 0 aliphatic carbocycles. The predicted octanol–water partition coefficient (Wildman–Crippen LogP) is 1.17. The van der Waals surface area contributed by atoms with Crippen LogP contribution in [0.4, 0.5) is 0 Å². The van der Waals surface area contributed by atoms with Crippen LogP contribution in [-0.2, 0) is 25.0 Å². The summed E-state index contributed by atoms with van der Waals surface area (Å²) < 4.78 is 69.6. The second-order valence-electron chi connectivity index (χ2n) is 4.24. The molecule has 1 aromatic carbocycles. The highest BCUT2D eigenvalue weighted by atomic mass is 32.3. The fourth-order valence-electron chi connectivity index (χ4n) is 1.75. The van der Waals surface area contributed by atoms with E-state index in [1.165, 1.54) is 36.5 Å². The van der Waals surface area contributed by atoms with Crippen molar-refractivity contribution in [2.75, 3.05) is 0 Å². The molecule has 2 N–H and O–H groups in total. The maximum Gasteiger partial charge on any atom is 0.446 e. The first-order valence-electron chi connectivity index (χ1n) is 5.97. The van der Waals surface area contributed by atoms with Crippen LogP contribution in [0.25, 0.3) is 0 Å². The zero-order valence-electron chi connectivity index (χ0n) is 11.3. The summed E-state index contributed by atoms with van der Waals surface area (Å²) >= 11 is 0. The number of aromatic nitrogens is 1.